The van der Waals surface area contributed by atoms with E-state index in [9.17, 15) is 4.79 Å². The van der Waals surface area contributed by atoms with E-state index >= 15 is 0 Å². The van der Waals surface area contributed by atoms with Crippen molar-refractivity contribution < 1.29 is 9.53 Å². The van der Waals surface area contributed by atoms with Gasteiger partial charge in [0.25, 0.3) is 5.91 Å². The molecule has 2 aromatic rings. The number of carbonyl (C=O) groups is 1. The molecule has 0 saturated heterocycles. The average molecular weight is 350 g/mol. The molecule has 0 radical (unpaired) electrons. The lowest BCUT2D eigenvalue weighted by molar-refractivity contribution is 0.0950. The monoisotopic (exact) mass is 349 g/mol. The Hall–Kier alpha value is -1.95. The van der Waals surface area contributed by atoms with Crippen LogP contribution in [0.5, 0.6) is 5.88 Å². The fraction of sp³-hybridized carbons (Fsp3) is 0.267. The largest absolute Gasteiger partial charge is 0.477 e. The zero-order valence-electron chi connectivity index (χ0n) is 11.7. The summed E-state index contributed by atoms with van der Waals surface area (Å²) in [5.74, 6) is 0.376. The second kappa shape index (κ2) is 7.73. The maximum atomic E-state index is 12.1. The lowest BCUT2D eigenvalue weighted by atomic mass is 10.2. The molecular formula is C15H16BrN3O2. The van der Waals surface area contributed by atoms with E-state index in [1.807, 2.05) is 19.1 Å². The highest BCUT2D eigenvalue weighted by molar-refractivity contribution is 9.10. The highest BCUT2D eigenvalue weighted by Gasteiger charge is 2.09. The zero-order chi connectivity index (χ0) is 15.1. The van der Waals surface area contributed by atoms with E-state index in [2.05, 4.69) is 31.2 Å². The number of carbonyl (C=O) groups excluding carboxylic acids is 1. The summed E-state index contributed by atoms with van der Waals surface area (Å²) in [7, 11) is 0. The van der Waals surface area contributed by atoms with Crippen molar-refractivity contribution in [3.8, 4) is 5.88 Å². The SMILES string of the molecule is CCCOc1ncccc1CNC(=O)c1cncc(Br)c1. The first-order valence-corrected chi connectivity index (χ1v) is 7.45. The third-order valence-corrected chi connectivity index (χ3v) is 3.13. The minimum atomic E-state index is -0.186. The first-order valence-electron chi connectivity index (χ1n) is 6.66. The molecule has 0 atom stereocenters. The topological polar surface area (TPSA) is 64.1 Å². The Balaban J connectivity index is 2.01. The van der Waals surface area contributed by atoms with Crippen molar-refractivity contribution in [2.45, 2.75) is 19.9 Å². The molecule has 2 rings (SSSR count). The van der Waals surface area contributed by atoms with Gasteiger partial charge in [0.1, 0.15) is 0 Å². The van der Waals surface area contributed by atoms with Gasteiger partial charge in [0.05, 0.1) is 12.2 Å². The minimum absolute atomic E-state index is 0.186. The van der Waals surface area contributed by atoms with Crippen LogP contribution in [0.2, 0.25) is 0 Å². The number of rotatable bonds is 6. The number of nitrogens with zero attached hydrogens (tertiary/aromatic N) is 2. The Bertz CT molecular complexity index is 619. The van der Waals surface area contributed by atoms with Crippen LogP contribution in [0.4, 0.5) is 0 Å². The summed E-state index contributed by atoms with van der Waals surface area (Å²) in [5, 5.41) is 2.84. The number of hydrogen-bond donors (Lipinski definition) is 1. The predicted molar refractivity (Wildman–Crippen MR) is 83.1 cm³/mol. The van der Waals surface area contributed by atoms with Gasteiger partial charge in [-0.25, -0.2) is 4.98 Å². The van der Waals surface area contributed by atoms with Crippen LogP contribution < -0.4 is 10.1 Å². The summed E-state index contributed by atoms with van der Waals surface area (Å²) < 4.78 is 6.33. The molecule has 0 saturated carbocycles. The van der Waals surface area contributed by atoms with Gasteiger partial charge in [-0.2, -0.15) is 0 Å². The van der Waals surface area contributed by atoms with E-state index in [-0.39, 0.29) is 5.91 Å². The van der Waals surface area contributed by atoms with Crippen molar-refractivity contribution in [1.29, 1.82) is 0 Å². The Morgan fingerprint density at radius 3 is 3.05 bits per heavy atom. The molecule has 21 heavy (non-hydrogen) atoms. The van der Waals surface area contributed by atoms with Crippen molar-refractivity contribution in [1.82, 2.24) is 15.3 Å². The lowest BCUT2D eigenvalue weighted by Crippen LogP contribution is -2.23. The van der Waals surface area contributed by atoms with Gasteiger partial charge in [-0.3, -0.25) is 9.78 Å². The normalized spacial score (nSPS) is 10.2. The van der Waals surface area contributed by atoms with Crippen LogP contribution in [-0.4, -0.2) is 22.5 Å². The number of nitrogens with one attached hydrogen (secondary N) is 1. The summed E-state index contributed by atoms with van der Waals surface area (Å²) in [4.78, 5) is 20.2. The molecular weight excluding hydrogens is 334 g/mol. The molecule has 6 heteroatoms. The summed E-state index contributed by atoms with van der Waals surface area (Å²) in [5.41, 5.74) is 1.35. The quantitative estimate of drug-likeness (QED) is 0.870. The third kappa shape index (κ3) is 4.53. The van der Waals surface area contributed by atoms with Crippen molar-refractivity contribution in [2.75, 3.05) is 6.61 Å². The van der Waals surface area contributed by atoms with E-state index in [0.717, 1.165) is 16.5 Å². The molecule has 0 spiro atoms. The summed E-state index contributed by atoms with van der Waals surface area (Å²) in [6, 6.07) is 5.43. The molecule has 2 heterocycles. The van der Waals surface area contributed by atoms with Gasteiger partial charge in [0.15, 0.2) is 0 Å². The summed E-state index contributed by atoms with van der Waals surface area (Å²) in [6.07, 6.45) is 5.74. The van der Waals surface area contributed by atoms with Crippen LogP contribution in [0, 0.1) is 0 Å². The molecule has 0 fully saturated rings. The maximum Gasteiger partial charge on any atom is 0.253 e. The molecule has 0 bridgehead atoms. The van der Waals surface area contributed by atoms with Crippen LogP contribution in [0.25, 0.3) is 0 Å². The molecule has 5 nitrogen and oxygen atoms in total. The highest BCUT2D eigenvalue weighted by Crippen LogP contribution is 2.15. The van der Waals surface area contributed by atoms with Gasteiger partial charge >= 0.3 is 0 Å². The third-order valence-electron chi connectivity index (χ3n) is 2.70. The van der Waals surface area contributed by atoms with Crippen molar-refractivity contribution in [3.63, 3.8) is 0 Å². The number of hydrogen-bond acceptors (Lipinski definition) is 4. The van der Waals surface area contributed by atoms with E-state index < -0.39 is 0 Å². The fourth-order valence-electron chi connectivity index (χ4n) is 1.70. The predicted octanol–water partition coefficient (Wildman–Crippen LogP) is 2.96. The van der Waals surface area contributed by atoms with Crippen molar-refractivity contribution in [2.24, 2.45) is 0 Å². The number of halogens is 1. The van der Waals surface area contributed by atoms with Gasteiger partial charge in [-0.05, 0) is 34.5 Å². The minimum Gasteiger partial charge on any atom is -0.477 e. The standard InChI is InChI=1S/C15H16BrN3O2/c1-2-6-21-15-11(4-3-5-18-15)9-19-14(20)12-7-13(16)10-17-8-12/h3-5,7-8,10H,2,6,9H2,1H3,(H,19,20). The number of amides is 1. The highest BCUT2D eigenvalue weighted by atomic mass is 79.9. The zero-order valence-corrected chi connectivity index (χ0v) is 13.3. The fourth-order valence-corrected chi connectivity index (χ4v) is 2.07. The van der Waals surface area contributed by atoms with E-state index in [1.165, 1.54) is 6.20 Å². The van der Waals surface area contributed by atoms with Gasteiger partial charge in [-0.15, -0.1) is 0 Å². The molecule has 1 N–H and O–H groups in total. The Kier molecular flexibility index (Phi) is 5.68. The molecule has 110 valence electrons. The Labute approximate surface area is 131 Å². The average Bonchev–Trinajstić information content (AvgIpc) is 2.51. The van der Waals surface area contributed by atoms with Crippen molar-refractivity contribution >= 4 is 21.8 Å². The van der Waals surface area contributed by atoms with E-state index in [4.69, 9.17) is 4.74 Å². The molecule has 0 aliphatic rings. The van der Waals surface area contributed by atoms with Crippen LogP contribution in [0.15, 0.2) is 41.3 Å². The lowest BCUT2D eigenvalue weighted by Gasteiger charge is -2.10. The number of aromatic nitrogens is 2. The van der Waals surface area contributed by atoms with Crippen molar-refractivity contribution in [3.05, 3.63) is 52.4 Å². The van der Waals surface area contributed by atoms with Crippen LogP contribution in [0.1, 0.15) is 29.3 Å². The van der Waals surface area contributed by atoms with Gasteiger partial charge in [0, 0.05) is 35.2 Å². The van der Waals surface area contributed by atoms with E-state index in [1.54, 1.807) is 18.5 Å². The number of pyridine rings is 2. The molecule has 2 aromatic heterocycles. The Morgan fingerprint density at radius 1 is 1.43 bits per heavy atom. The molecule has 0 aromatic carbocycles. The molecule has 1 amide bonds. The molecule has 0 unspecified atom stereocenters. The van der Waals surface area contributed by atoms with Gasteiger partial charge in [-0.1, -0.05) is 13.0 Å². The molecule has 0 aliphatic carbocycles. The smallest absolute Gasteiger partial charge is 0.253 e. The second-order valence-electron chi connectivity index (χ2n) is 4.39. The second-order valence-corrected chi connectivity index (χ2v) is 5.31. The van der Waals surface area contributed by atoms with Crippen LogP contribution in [-0.2, 0) is 6.54 Å². The first kappa shape index (κ1) is 15.4. The first-order chi connectivity index (χ1) is 10.2. The number of ether oxygens (including phenoxy) is 1. The maximum absolute atomic E-state index is 12.1. The van der Waals surface area contributed by atoms with Gasteiger partial charge in [0.2, 0.25) is 5.88 Å². The van der Waals surface area contributed by atoms with Crippen LogP contribution >= 0.6 is 15.9 Å². The Morgan fingerprint density at radius 2 is 2.29 bits per heavy atom. The summed E-state index contributed by atoms with van der Waals surface area (Å²) >= 11 is 3.29. The summed E-state index contributed by atoms with van der Waals surface area (Å²) in [6.45, 7) is 3.00. The molecule has 0 aliphatic heterocycles. The van der Waals surface area contributed by atoms with E-state index in [0.29, 0.717) is 24.6 Å². The van der Waals surface area contributed by atoms with Gasteiger partial charge < -0.3 is 10.1 Å². The van der Waals surface area contributed by atoms with Crippen LogP contribution in [0.3, 0.4) is 0 Å².